The van der Waals surface area contributed by atoms with E-state index in [1.807, 2.05) is 0 Å². The highest BCUT2D eigenvalue weighted by atomic mass is 19.4. The fourth-order valence-electron chi connectivity index (χ4n) is 1.71. The molecule has 7 heteroatoms. The van der Waals surface area contributed by atoms with Crippen LogP contribution in [0.3, 0.4) is 0 Å². The van der Waals surface area contributed by atoms with Gasteiger partial charge in [0.1, 0.15) is 0 Å². The highest BCUT2D eigenvalue weighted by Crippen LogP contribution is 2.26. The second-order valence-electron chi connectivity index (χ2n) is 4.00. The highest BCUT2D eigenvalue weighted by Gasteiger charge is 2.39. The van der Waals surface area contributed by atoms with E-state index in [4.69, 9.17) is 5.11 Å². The lowest BCUT2D eigenvalue weighted by molar-refractivity contribution is -0.167. The molecule has 1 amide bonds. The third-order valence-corrected chi connectivity index (χ3v) is 2.62. The summed E-state index contributed by atoms with van der Waals surface area (Å²) in [6.07, 6.45) is -5.08. The average Bonchev–Trinajstić information content (AvgIpc) is 2.36. The first kappa shape index (κ1) is 13.9. The van der Waals surface area contributed by atoms with Gasteiger partial charge in [-0.2, -0.15) is 13.2 Å². The van der Waals surface area contributed by atoms with Crippen LogP contribution in [-0.2, 0) is 4.79 Å². The smallest absolute Gasteiger partial charge is 0.471 e. The maximum absolute atomic E-state index is 12.2. The zero-order chi connectivity index (χ0) is 14.9. The van der Waals surface area contributed by atoms with Crippen LogP contribution in [0.25, 0.3) is 10.8 Å². The van der Waals surface area contributed by atoms with Crippen molar-refractivity contribution in [1.29, 1.82) is 0 Å². The van der Waals surface area contributed by atoms with E-state index in [9.17, 15) is 22.8 Å². The summed E-state index contributed by atoms with van der Waals surface area (Å²) >= 11 is 0. The van der Waals surface area contributed by atoms with Crippen molar-refractivity contribution in [2.24, 2.45) is 0 Å². The quantitative estimate of drug-likeness (QED) is 0.890. The van der Waals surface area contributed by atoms with E-state index < -0.39 is 29.3 Å². The van der Waals surface area contributed by atoms with Gasteiger partial charge in [-0.05, 0) is 22.9 Å². The number of carboxylic acids is 1. The number of amides is 1. The number of nitrogens with one attached hydrogen (secondary N) is 1. The molecule has 0 radical (unpaired) electrons. The molecular formula is C13H8F3NO3. The lowest BCUT2D eigenvalue weighted by atomic mass is 10.0. The Labute approximate surface area is 110 Å². The predicted octanol–water partition coefficient (Wildman–Crippen LogP) is 3.04. The molecule has 0 unspecified atom stereocenters. The molecule has 4 nitrogen and oxygen atoms in total. The number of carbonyl (C=O) groups excluding carboxylic acids is 1. The van der Waals surface area contributed by atoms with Crippen LogP contribution in [0.4, 0.5) is 18.9 Å². The van der Waals surface area contributed by atoms with Gasteiger partial charge in [0, 0.05) is 0 Å². The Morgan fingerprint density at radius 2 is 1.60 bits per heavy atom. The SMILES string of the molecule is O=C(O)c1cc2ccccc2cc1NC(=O)C(F)(F)F. The van der Waals surface area contributed by atoms with Crippen LogP contribution in [0.15, 0.2) is 36.4 Å². The zero-order valence-corrected chi connectivity index (χ0v) is 9.86. The molecule has 0 fully saturated rings. The summed E-state index contributed by atoms with van der Waals surface area (Å²) in [6, 6.07) is 8.95. The Hall–Kier alpha value is -2.57. The summed E-state index contributed by atoms with van der Waals surface area (Å²) < 4.78 is 36.7. The minimum absolute atomic E-state index is 0.390. The predicted molar refractivity (Wildman–Crippen MR) is 65.6 cm³/mol. The standard InChI is InChI=1S/C13H8F3NO3/c14-13(15,16)12(20)17-10-6-8-4-2-1-3-7(8)5-9(10)11(18)19/h1-6H,(H,17,20)(H,18,19). The molecule has 20 heavy (non-hydrogen) atoms. The number of carboxylic acid groups (broad SMARTS) is 1. The molecule has 2 rings (SSSR count). The lowest BCUT2D eigenvalue weighted by Gasteiger charge is -2.11. The summed E-state index contributed by atoms with van der Waals surface area (Å²) in [5, 5.41) is 11.7. The molecule has 0 aliphatic rings. The molecule has 0 heterocycles. The Balaban J connectivity index is 2.53. The molecule has 0 saturated carbocycles. The molecule has 0 atom stereocenters. The third kappa shape index (κ3) is 2.71. The van der Waals surface area contributed by atoms with Crippen molar-refractivity contribution in [3.63, 3.8) is 0 Å². The van der Waals surface area contributed by atoms with E-state index in [-0.39, 0.29) is 0 Å². The van der Waals surface area contributed by atoms with Crippen molar-refractivity contribution in [3.05, 3.63) is 42.0 Å². The molecule has 2 aromatic rings. The average molecular weight is 283 g/mol. The molecule has 0 aliphatic carbocycles. The Bertz CT molecular complexity index is 695. The molecule has 0 bridgehead atoms. The molecular weight excluding hydrogens is 275 g/mol. The minimum atomic E-state index is -5.08. The number of carbonyl (C=O) groups is 2. The van der Waals surface area contributed by atoms with Crippen molar-refractivity contribution in [2.45, 2.75) is 6.18 Å². The summed E-state index contributed by atoms with van der Waals surface area (Å²) in [4.78, 5) is 22.0. The van der Waals surface area contributed by atoms with Gasteiger partial charge >= 0.3 is 18.1 Å². The van der Waals surface area contributed by atoms with Gasteiger partial charge in [-0.3, -0.25) is 4.79 Å². The van der Waals surface area contributed by atoms with Crippen LogP contribution in [0.5, 0.6) is 0 Å². The first-order valence-corrected chi connectivity index (χ1v) is 5.43. The summed E-state index contributed by atoms with van der Waals surface area (Å²) in [5.41, 5.74) is -0.792. The number of fused-ring (bicyclic) bond motifs is 1. The van der Waals surface area contributed by atoms with Crippen molar-refractivity contribution >= 4 is 28.3 Å². The van der Waals surface area contributed by atoms with Gasteiger partial charge < -0.3 is 10.4 Å². The van der Waals surface area contributed by atoms with E-state index in [1.165, 1.54) is 12.1 Å². The monoisotopic (exact) mass is 283 g/mol. The summed E-state index contributed by atoms with van der Waals surface area (Å²) in [7, 11) is 0. The Morgan fingerprint density at radius 1 is 1.05 bits per heavy atom. The van der Waals surface area contributed by atoms with Gasteiger partial charge in [0.25, 0.3) is 0 Å². The van der Waals surface area contributed by atoms with Crippen LogP contribution in [0.2, 0.25) is 0 Å². The van der Waals surface area contributed by atoms with Crippen molar-refractivity contribution < 1.29 is 27.9 Å². The first-order chi connectivity index (χ1) is 9.29. The van der Waals surface area contributed by atoms with Crippen molar-refractivity contribution in [1.82, 2.24) is 0 Å². The zero-order valence-electron chi connectivity index (χ0n) is 9.86. The molecule has 2 aromatic carbocycles. The topological polar surface area (TPSA) is 66.4 Å². The fourth-order valence-corrected chi connectivity index (χ4v) is 1.71. The Kier molecular flexibility index (Phi) is 3.35. The van der Waals surface area contributed by atoms with Crippen LogP contribution < -0.4 is 5.32 Å². The number of halogens is 3. The van der Waals surface area contributed by atoms with Crippen LogP contribution >= 0.6 is 0 Å². The molecule has 0 saturated heterocycles. The highest BCUT2D eigenvalue weighted by molar-refractivity contribution is 6.06. The van der Waals surface area contributed by atoms with E-state index in [0.29, 0.717) is 10.8 Å². The van der Waals surface area contributed by atoms with E-state index in [0.717, 1.165) is 0 Å². The van der Waals surface area contributed by atoms with Gasteiger partial charge in [-0.25, -0.2) is 4.79 Å². The van der Waals surface area contributed by atoms with Crippen molar-refractivity contribution in [2.75, 3.05) is 5.32 Å². The normalized spacial score (nSPS) is 11.3. The van der Waals surface area contributed by atoms with Gasteiger partial charge in [-0.15, -0.1) is 0 Å². The van der Waals surface area contributed by atoms with E-state index >= 15 is 0 Å². The summed E-state index contributed by atoms with van der Waals surface area (Å²) in [6.45, 7) is 0. The second kappa shape index (κ2) is 4.84. The fraction of sp³-hybridized carbons (Fsp3) is 0.0769. The number of anilines is 1. The van der Waals surface area contributed by atoms with Gasteiger partial charge in [-0.1, -0.05) is 24.3 Å². The number of aromatic carboxylic acids is 1. The van der Waals surface area contributed by atoms with Gasteiger partial charge in [0.05, 0.1) is 11.3 Å². The first-order valence-electron chi connectivity index (χ1n) is 5.43. The number of alkyl halides is 3. The number of rotatable bonds is 2. The molecule has 0 aromatic heterocycles. The van der Waals surface area contributed by atoms with Gasteiger partial charge in [0.15, 0.2) is 0 Å². The maximum atomic E-state index is 12.2. The lowest BCUT2D eigenvalue weighted by Crippen LogP contribution is -2.30. The summed E-state index contributed by atoms with van der Waals surface area (Å²) in [5.74, 6) is -3.64. The Morgan fingerprint density at radius 3 is 2.10 bits per heavy atom. The van der Waals surface area contributed by atoms with Crippen LogP contribution in [-0.4, -0.2) is 23.2 Å². The number of hydrogen-bond donors (Lipinski definition) is 2. The molecule has 0 aliphatic heterocycles. The van der Waals surface area contributed by atoms with E-state index in [2.05, 4.69) is 0 Å². The molecule has 0 spiro atoms. The van der Waals surface area contributed by atoms with Gasteiger partial charge in [0.2, 0.25) is 0 Å². The van der Waals surface area contributed by atoms with Crippen molar-refractivity contribution in [3.8, 4) is 0 Å². The van der Waals surface area contributed by atoms with Crippen LogP contribution in [0, 0.1) is 0 Å². The number of benzene rings is 2. The molecule has 2 N–H and O–H groups in total. The second-order valence-corrected chi connectivity index (χ2v) is 4.00. The van der Waals surface area contributed by atoms with Crippen LogP contribution in [0.1, 0.15) is 10.4 Å². The molecule has 104 valence electrons. The largest absolute Gasteiger partial charge is 0.478 e. The third-order valence-electron chi connectivity index (χ3n) is 2.62. The minimum Gasteiger partial charge on any atom is -0.478 e. The maximum Gasteiger partial charge on any atom is 0.471 e. The number of hydrogen-bond acceptors (Lipinski definition) is 2. The van der Waals surface area contributed by atoms with E-state index in [1.54, 1.807) is 29.6 Å².